The number of alkyl halides is 3. The number of hydrogen-bond acceptors (Lipinski definition) is 6. The van der Waals surface area contributed by atoms with Crippen LogP contribution in [0.3, 0.4) is 0 Å². The lowest BCUT2D eigenvalue weighted by Crippen LogP contribution is -2.28. The van der Waals surface area contributed by atoms with E-state index in [9.17, 15) is 21.6 Å². The fraction of sp³-hybridized carbons (Fsp3) is 0.0339. The molecule has 6 radical (unpaired) electrons. The van der Waals surface area contributed by atoms with Crippen molar-refractivity contribution in [2.75, 3.05) is 0 Å². The van der Waals surface area contributed by atoms with Gasteiger partial charge < -0.3 is 4.18 Å². The van der Waals surface area contributed by atoms with Crippen molar-refractivity contribution in [3.05, 3.63) is 230 Å². The molecule has 13 heteroatoms. The molecule has 0 amide bonds. The molecule has 0 bridgehead atoms. The maximum atomic E-state index is 14.1. The molecule has 3 heterocycles. The average Bonchev–Trinajstić information content (AvgIpc) is 3.41. The molecule has 0 unspecified atom stereocenters. The van der Waals surface area contributed by atoms with E-state index in [0.717, 1.165) is 67.0 Å². The molecule has 342 valence electrons. The van der Waals surface area contributed by atoms with Crippen molar-refractivity contribution in [1.29, 1.82) is 0 Å². The van der Waals surface area contributed by atoms with Crippen molar-refractivity contribution >= 4 is 33.7 Å². The summed E-state index contributed by atoms with van der Waals surface area (Å²) >= 11 is 0. The molecule has 10 rings (SSSR count). The highest BCUT2D eigenvalue weighted by atomic mass is 32.2. The monoisotopic (exact) mass is 957 g/mol. The highest BCUT2D eigenvalue weighted by Gasteiger charge is 2.49. The second-order valence-electron chi connectivity index (χ2n) is 17.1. The fourth-order valence-electron chi connectivity index (χ4n) is 8.70. The van der Waals surface area contributed by atoms with Crippen molar-refractivity contribution < 1.29 is 25.8 Å². The van der Waals surface area contributed by atoms with Crippen LogP contribution in [0.25, 0.3) is 101 Å². The van der Waals surface area contributed by atoms with Gasteiger partial charge in [0.1, 0.15) is 0 Å². The van der Waals surface area contributed by atoms with E-state index in [1.54, 1.807) is 30.6 Å². The van der Waals surface area contributed by atoms with E-state index in [1.807, 2.05) is 109 Å². The minimum atomic E-state index is -6.15. The zero-order valence-electron chi connectivity index (χ0n) is 38.2. The zero-order chi connectivity index (χ0) is 50.0. The van der Waals surface area contributed by atoms with Crippen LogP contribution in [0.5, 0.6) is 5.75 Å². The second-order valence-corrected chi connectivity index (χ2v) is 18.6. The predicted molar refractivity (Wildman–Crippen MR) is 283 cm³/mol. The van der Waals surface area contributed by atoms with Gasteiger partial charge in [0, 0.05) is 40.8 Å². The Morgan fingerprint density at radius 1 is 0.375 bits per heavy atom. The molecule has 0 fully saturated rings. The Balaban J connectivity index is 1.15. The molecule has 0 saturated carbocycles. The minimum absolute atomic E-state index is 0.0810. The van der Waals surface area contributed by atoms with E-state index in [4.69, 9.17) is 27.7 Å². The summed E-state index contributed by atoms with van der Waals surface area (Å²) in [6, 6.07) is 64.9. The number of hydrogen-bond donors (Lipinski definition) is 0. The van der Waals surface area contributed by atoms with Gasteiger partial charge in [0.05, 0.1) is 40.6 Å². The second kappa shape index (κ2) is 19.5. The molecular weight excluding hydrogens is 920 g/mol. The third kappa shape index (κ3) is 9.89. The van der Waals surface area contributed by atoms with Gasteiger partial charge in [0.25, 0.3) is 0 Å². The van der Waals surface area contributed by atoms with Gasteiger partial charge in [-0.2, -0.15) is 21.6 Å². The highest BCUT2D eigenvalue weighted by molar-refractivity contribution is 7.88. The summed E-state index contributed by atoms with van der Waals surface area (Å²) in [7, 11) is 11.4. The molecule has 0 N–H and O–H groups in total. The summed E-state index contributed by atoms with van der Waals surface area (Å²) in [4.78, 5) is 13.4. The van der Waals surface area contributed by atoms with Gasteiger partial charge in [-0.3, -0.25) is 15.0 Å². The van der Waals surface area contributed by atoms with Crippen LogP contribution in [0.2, 0.25) is 0 Å². The van der Waals surface area contributed by atoms with Crippen LogP contribution in [0.15, 0.2) is 225 Å². The summed E-state index contributed by atoms with van der Waals surface area (Å²) in [5, 5.41) is -1.70. The predicted octanol–water partition coefficient (Wildman–Crippen LogP) is 13.7. The van der Waals surface area contributed by atoms with Gasteiger partial charge in [0.15, 0.2) is 5.75 Å². The Labute approximate surface area is 419 Å². The van der Waals surface area contributed by atoms with E-state index in [-0.39, 0.29) is 22.4 Å². The van der Waals surface area contributed by atoms with Crippen LogP contribution in [0.4, 0.5) is 13.2 Å². The van der Waals surface area contributed by atoms with E-state index in [1.165, 1.54) is 30.5 Å². The van der Waals surface area contributed by atoms with Crippen molar-refractivity contribution in [1.82, 2.24) is 15.0 Å². The van der Waals surface area contributed by atoms with Crippen LogP contribution in [-0.2, 0) is 15.2 Å². The molecule has 0 aliphatic heterocycles. The van der Waals surface area contributed by atoms with Gasteiger partial charge >= 0.3 is 15.6 Å². The number of rotatable bonds is 12. The van der Waals surface area contributed by atoms with Gasteiger partial charge in [0.2, 0.25) is 0 Å². The topological polar surface area (TPSA) is 82.0 Å². The summed E-state index contributed by atoms with van der Waals surface area (Å²) in [6.07, 6.45) is 4.86. The average molecular weight is 957 g/mol. The Kier molecular flexibility index (Phi) is 12.8. The van der Waals surface area contributed by atoms with Crippen molar-refractivity contribution in [2.24, 2.45) is 0 Å². The first kappa shape index (κ1) is 47.4. The Morgan fingerprint density at radius 2 is 0.764 bits per heavy atom. The van der Waals surface area contributed by atoms with E-state index >= 15 is 0 Å². The maximum Gasteiger partial charge on any atom is 0.534 e. The first-order valence-electron chi connectivity index (χ1n) is 22.7. The Hall–Kier alpha value is -8.28. The van der Waals surface area contributed by atoms with Crippen molar-refractivity contribution in [3.8, 4) is 106 Å². The molecule has 0 atom stereocenters. The van der Waals surface area contributed by atoms with Crippen LogP contribution in [0.1, 0.15) is 5.56 Å². The van der Waals surface area contributed by atoms with Crippen LogP contribution < -0.4 is 4.18 Å². The number of nitrogens with zero attached hydrogens (tertiary/aromatic N) is 3. The molecule has 6 nitrogen and oxygen atoms in total. The highest BCUT2D eigenvalue weighted by Crippen LogP contribution is 2.45. The van der Waals surface area contributed by atoms with Gasteiger partial charge in [-0.05, 0) is 127 Å². The van der Waals surface area contributed by atoms with Crippen LogP contribution in [0, 0.1) is 0 Å². The molecule has 0 aliphatic carbocycles. The lowest BCUT2D eigenvalue weighted by atomic mass is 9.40. The largest absolute Gasteiger partial charge is 0.534 e. The SMILES string of the molecule is [B]C([B])([B])c1ccc(-c2ccc(-c3ccccc3-c3cc(-c4ccccc4-c4ccc(-c5ccccn5)cc4)cc(-c4ccccc4-c4ccc(-c5ccccn5)cc4)c3)c(OS(=O)(=O)C(F)(F)F)c2)nc1. The number of halogens is 3. The third-order valence-electron chi connectivity index (χ3n) is 12.3. The smallest absolute Gasteiger partial charge is 0.375 e. The van der Waals surface area contributed by atoms with Crippen molar-refractivity contribution in [2.45, 2.75) is 10.6 Å². The number of benzene rings is 7. The molecule has 3 aromatic heterocycles. The van der Waals surface area contributed by atoms with E-state index in [2.05, 4.69) is 69.5 Å². The molecule has 72 heavy (non-hydrogen) atoms. The summed E-state index contributed by atoms with van der Waals surface area (Å²) in [6.45, 7) is 0. The molecule has 0 saturated heterocycles. The molecule has 10 aromatic rings. The lowest BCUT2D eigenvalue weighted by Gasteiger charge is -2.20. The summed E-state index contributed by atoms with van der Waals surface area (Å²) < 4.78 is 73.1. The standard InChI is InChI=1S/C59H37B3F3N3O3S/c60-58(61,62)46-28-30-56(68-37-46)42-27-29-53(57(36-42)71-72(69,70)59(63,64)65)52-16-6-5-15-51(52)45-34-43(49-13-3-1-11-47(49)38-19-23-40(24-20-38)54-17-7-9-31-66-54)33-44(35-45)50-14-4-2-12-48(50)39-21-25-41(26-22-39)55-18-8-10-32-67-55/h1-37H. The molecule has 0 aliphatic rings. The molecular formula is C59H37B3F3N3O3S. The normalized spacial score (nSPS) is 11.8. The first-order valence-corrected chi connectivity index (χ1v) is 24.1. The minimum Gasteiger partial charge on any atom is -0.375 e. The third-order valence-corrected chi connectivity index (χ3v) is 13.2. The quantitative estimate of drug-likeness (QED) is 0.0689. The van der Waals surface area contributed by atoms with Gasteiger partial charge in [-0.25, -0.2) is 0 Å². The summed E-state index contributed by atoms with van der Waals surface area (Å²) in [5.74, 6) is -0.565. The lowest BCUT2D eigenvalue weighted by molar-refractivity contribution is -0.0499. The Bertz CT molecular complexity index is 3550. The first-order chi connectivity index (χ1) is 34.7. The van der Waals surface area contributed by atoms with E-state index in [0.29, 0.717) is 16.7 Å². The van der Waals surface area contributed by atoms with Crippen LogP contribution in [-0.4, -0.2) is 52.4 Å². The molecule has 0 spiro atoms. The fourth-order valence-corrected chi connectivity index (χ4v) is 9.17. The maximum absolute atomic E-state index is 14.1. The Morgan fingerprint density at radius 3 is 1.17 bits per heavy atom. The zero-order valence-corrected chi connectivity index (χ0v) is 39.0. The van der Waals surface area contributed by atoms with Crippen LogP contribution >= 0.6 is 0 Å². The van der Waals surface area contributed by atoms with Gasteiger partial charge in [-0.15, -0.1) is 5.11 Å². The molecule has 7 aromatic carbocycles. The van der Waals surface area contributed by atoms with Crippen molar-refractivity contribution in [3.63, 3.8) is 0 Å². The van der Waals surface area contributed by atoms with Gasteiger partial charge in [-0.1, -0.05) is 146 Å². The van der Waals surface area contributed by atoms with E-state index < -0.39 is 26.5 Å². The number of aromatic nitrogens is 3. The summed E-state index contributed by atoms with van der Waals surface area (Å²) in [5.41, 5.74) is 7.87. The number of pyridine rings is 3.